The molecule has 1 fully saturated rings. The zero-order valence-electron chi connectivity index (χ0n) is 14.7. The van der Waals surface area contributed by atoms with Gasteiger partial charge in [-0.05, 0) is 43.2 Å². The Kier molecular flexibility index (Phi) is 6.17. The Morgan fingerprint density at radius 3 is 2.50 bits per heavy atom. The number of amides is 1. The lowest BCUT2D eigenvalue weighted by molar-refractivity contribution is -0.139. The number of hydrogen-bond donors (Lipinski definition) is 2. The van der Waals surface area contributed by atoms with Gasteiger partial charge in [-0.15, -0.1) is 0 Å². The van der Waals surface area contributed by atoms with E-state index < -0.39 is 17.9 Å². The molecular formula is C18H27N3O3. The Hall–Kier alpha value is -2.11. The van der Waals surface area contributed by atoms with Gasteiger partial charge in [0.05, 0.1) is 5.56 Å². The average Bonchev–Trinajstić information content (AvgIpc) is 2.54. The predicted molar refractivity (Wildman–Crippen MR) is 93.2 cm³/mol. The molecule has 1 atom stereocenters. The first-order valence-corrected chi connectivity index (χ1v) is 8.61. The Labute approximate surface area is 143 Å². The number of aromatic nitrogens is 1. The van der Waals surface area contributed by atoms with Crippen molar-refractivity contribution in [1.82, 2.24) is 10.3 Å². The number of nitrogens with one attached hydrogen (secondary N) is 1. The minimum Gasteiger partial charge on any atom is -0.480 e. The largest absolute Gasteiger partial charge is 0.480 e. The van der Waals surface area contributed by atoms with Crippen LogP contribution in [-0.2, 0) is 4.79 Å². The van der Waals surface area contributed by atoms with E-state index in [0.29, 0.717) is 12.0 Å². The number of carbonyl (C=O) groups excluding carboxylic acids is 1. The smallest absolute Gasteiger partial charge is 0.326 e. The maximum Gasteiger partial charge on any atom is 0.326 e. The maximum atomic E-state index is 12.2. The van der Waals surface area contributed by atoms with Crippen molar-refractivity contribution in [2.75, 3.05) is 18.0 Å². The van der Waals surface area contributed by atoms with Gasteiger partial charge in [-0.1, -0.05) is 20.8 Å². The summed E-state index contributed by atoms with van der Waals surface area (Å²) in [5.41, 5.74) is 0.388. The molecule has 2 N–H and O–H groups in total. The molecule has 0 saturated carbocycles. The molecule has 0 aliphatic carbocycles. The van der Waals surface area contributed by atoms with Crippen molar-refractivity contribution in [3.8, 4) is 0 Å². The van der Waals surface area contributed by atoms with Crippen LogP contribution in [0.4, 0.5) is 5.82 Å². The molecule has 1 aliphatic rings. The molecule has 6 nitrogen and oxygen atoms in total. The molecule has 0 radical (unpaired) electrons. The van der Waals surface area contributed by atoms with E-state index in [0.717, 1.165) is 37.7 Å². The molecule has 2 rings (SSSR count). The number of piperidine rings is 1. The predicted octanol–water partition coefficient (Wildman–Crippen LogP) is 2.55. The van der Waals surface area contributed by atoms with Crippen LogP contribution in [0.25, 0.3) is 0 Å². The van der Waals surface area contributed by atoms with E-state index in [9.17, 15) is 14.7 Å². The van der Waals surface area contributed by atoms with Crippen molar-refractivity contribution in [2.45, 2.75) is 46.1 Å². The van der Waals surface area contributed by atoms with E-state index in [1.54, 1.807) is 6.07 Å². The Morgan fingerprint density at radius 2 is 2.00 bits per heavy atom. The van der Waals surface area contributed by atoms with Crippen LogP contribution >= 0.6 is 0 Å². The van der Waals surface area contributed by atoms with Crippen LogP contribution < -0.4 is 10.2 Å². The monoisotopic (exact) mass is 333 g/mol. The van der Waals surface area contributed by atoms with E-state index in [4.69, 9.17) is 0 Å². The van der Waals surface area contributed by atoms with Crippen LogP contribution in [-0.4, -0.2) is 41.1 Å². The van der Waals surface area contributed by atoms with Crippen molar-refractivity contribution in [3.05, 3.63) is 23.9 Å². The van der Waals surface area contributed by atoms with Crippen LogP contribution in [0.1, 0.15) is 50.4 Å². The highest BCUT2D eigenvalue weighted by Gasteiger charge is 2.22. The molecule has 0 unspecified atom stereocenters. The standard InChI is InChI=1S/C18H27N3O3/c1-12(2)10-15(18(23)24)20-17(22)14-4-5-16(19-11-14)21-8-6-13(3)7-9-21/h4-5,11-13,15H,6-10H2,1-3H3,(H,20,22)(H,23,24)/t15-/m1/s1. The summed E-state index contributed by atoms with van der Waals surface area (Å²) in [6, 6.07) is 2.67. The van der Waals surface area contributed by atoms with Gasteiger partial charge in [0.25, 0.3) is 5.91 Å². The molecule has 2 heterocycles. The highest BCUT2D eigenvalue weighted by Crippen LogP contribution is 2.21. The van der Waals surface area contributed by atoms with Gasteiger partial charge in [-0.25, -0.2) is 9.78 Å². The van der Waals surface area contributed by atoms with Crippen LogP contribution in [0, 0.1) is 11.8 Å². The lowest BCUT2D eigenvalue weighted by Crippen LogP contribution is -2.41. The van der Waals surface area contributed by atoms with Gasteiger partial charge in [-0.2, -0.15) is 0 Å². The van der Waals surface area contributed by atoms with Crippen LogP contribution in [0.2, 0.25) is 0 Å². The molecular weight excluding hydrogens is 306 g/mol. The summed E-state index contributed by atoms with van der Waals surface area (Å²) >= 11 is 0. The summed E-state index contributed by atoms with van der Waals surface area (Å²) in [5, 5.41) is 11.8. The molecule has 6 heteroatoms. The van der Waals surface area contributed by atoms with Crippen LogP contribution in [0.3, 0.4) is 0 Å². The lowest BCUT2D eigenvalue weighted by atomic mass is 9.99. The SMILES string of the molecule is CC(C)C[C@@H](NC(=O)c1ccc(N2CCC(C)CC2)nc1)C(=O)O. The molecule has 132 valence electrons. The zero-order chi connectivity index (χ0) is 17.7. The van der Waals surface area contributed by atoms with Crippen molar-refractivity contribution in [2.24, 2.45) is 11.8 Å². The first kappa shape index (κ1) is 18.2. The van der Waals surface area contributed by atoms with Gasteiger partial charge in [-0.3, -0.25) is 4.79 Å². The number of carboxylic acid groups (broad SMARTS) is 1. The topological polar surface area (TPSA) is 82.5 Å². The first-order chi connectivity index (χ1) is 11.4. The number of aliphatic carboxylic acids is 1. The second-order valence-electron chi connectivity index (χ2n) is 7.07. The summed E-state index contributed by atoms with van der Waals surface area (Å²) in [4.78, 5) is 30.1. The van der Waals surface area contributed by atoms with Crippen molar-refractivity contribution in [3.63, 3.8) is 0 Å². The van der Waals surface area contributed by atoms with Crippen LogP contribution in [0.15, 0.2) is 18.3 Å². The van der Waals surface area contributed by atoms with Crippen LogP contribution in [0.5, 0.6) is 0 Å². The number of pyridine rings is 1. The third kappa shape index (κ3) is 4.94. The summed E-state index contributed by atoms with van der Waals surface area (Å²) in [5.74, 6) is 0.405. The van der Waals surface area contributed by atoms with Gasteiger partial charge in [0.2, 0.25) is 0 Å². The van der Waals surface area contributed by atoms with E-state index in [1.807, 2.05) is 19.9 Å². The summed E-state index contributed by atoms with van der Waals surface area (Å²) in [6.07, 6.45) is 4.23. The number of rotatable bonds is 6. The number of nitrogens with zero attached hydrogens (tertiary/aromatic N) is 2. The van der Waals surface area contributed by atoms with Crippen molar-refractivity contribution < 1.29 is 14.7 Å². The highest BCUT2D eigenvalue weighted by atomic mass is 16.4. The molecule has 24 heavy (non-hydrogen) atoms. The molecule has 0 bridgehead atoms. The third-order valence-electron chi connectivity index (χ3n) is 4.43. The fourth-order valence-corrected chi connectivity index (χ4v) is 2.88. The van der Waals surface area contributed by atoms with Gasteiger partial charge >= 0.3 is 5.97 Å². The fourth-order valence-electron chi connectivity index (χ4n) is 2.88. The first-order valence-electron chi connectivity index (χ1n) is 8.61. The molecule has 1 aliphatic heterocycles. The highest BCUT2D eigenvalue weighted by molar-refractivity contribution is 5.96. The van der Waals surface area contributed by atoms with E-state index >= 15 is 0 Å². The minimum atomic E-state index is -1.01. The third-order valence-corrected chi connectivity index (χ3v) is 4.43. The van der Waals surface area contributed by atoms with Gasteiger partial charge in [0, 0.05) is 19.3 Å². The summed E-state index contributed by atoms with van der Waals surface area (Å²) in [6.45, 7) is 8.08. The summed E-state index contributed by atoms with van der Waals surface area (Å²) in [7, 11) is 0. The number of anilines is 1. The zero-order valence-corrected chi connectivity index (χ0v) is 14.7. The maximum absolute atomic E-state index is 12.2. The fraction of sp³-hybridized carbons (Fsp3) is 0.611. The van der Waals surface area contributed by atoms with E-state index in [-0.39, 0.29) is 5.92 Å². The Morgan fingerprint density at radius 1 is 1.33 bits per heavy atom. The minimum absolute atomic E-state index is 0.188. The van der Waals surface area contributed by atoms with Crippen molar-refractivity contribution in [1.29, 1.82) is 0 Å². The number of carbonyl (C=O) groups is 2. The van der Waals surface area contributed by atoms with Gasteiger partial charge in [0.15, 0.2) is 0 Å². The van der Waals surface area contributed by atoms with Gasteiger partial charge < -0.3 is 15.3 Å². The lowest BCUT2D eigenvalue weighted by Gasteiger charge is -2.31. The van der Waals surface area contributed by atoms with E-state index in [2.05, 4.69) is 22.1 Å². The normalized spacial score (nSPS) is 16.9. The Bertz CT molecular complexity index is 563. The quantitative estimate of drug-likeness (QED) is 0.836. The second-order valence-corrected chi connectivity index (χ2v) is 7.07. The van der Waals surface area contributed by atoms with Gasteiger partial charge in [0.1, 0.15) is 11.9 Å². The average molecular weight is 333 g/mol. The molecule has 0 spiro atoms. The molecule has 1 saturated heterocycles. The Balaban J connectivity index is 1.99. The van der Waals surface area contributed by atoms with Crippen molar-refractivity contribution >= 4 is 17.7 Å². The summed E-state index contributed by atoms with van der Waals surface area (Å²) < 4.78 is 0. The second kappa shape index (κ2) is 8.13. The molecule has 0 aromatic carbocycles. The van der Waals surface area contributed by atoms with E-state index in [1.165, 1.54) is 6.20 Å². The number of hydrogen-bond acceptors (Lipinski definition) is 4. The molecule has 1 amide bonds. The number of carboxylic acids is 1. The molecule has 1 aromatic heterocycles. The molecule has 1 aromatic rings.